The van der Waals surface area contributed by atoms with Crippen molar-refractivity contribution >= 4 is 33.6 Å². The number of carbonyl (C=O) groups excluding carboxylic acids is 1. The summed E-state index contributed by atoms with van der Waals surface area (Å²) < 4.78 is 8.85. The fourth-order valence-electron chi connectivity index (χ4n) is 3.64. The lowest BCUT2D eigenvalue weighted by atomic mass is 9.98. The molecule has 1 aliphatic heterocycles. The number of nitrogens with zero attached hydrogens (tertiary/aromatic N) is 4. The molecule has 1 saturated heterocycles. The zero-order chi connectivity index (χ0) is 20.1. The summed E-state index contributed by atoms with van der Waals surface area (Å²) in [6.07, 6.45) is 3.37. The van der Waals surface area contributed by atoms with Crippen LogP contribution in [0.2, 0.25) is 0 Å². The van der Waals surface area contributed by atoms with Crippen LogP contribution in [0.15, 0.2) is 33.9 Å². The van der Waals surface area contributed by atoms with Gasteiger partial charge in [-0.05, 0) is 64.3 Å². The second kappa shape index (κ2) is 9.78. The van der Waals surface area contributed by atoms with Crippen LogP contribution in [-0.2, 0) is 17.9 Å². The Morgan fingerprint density at radius 2 is 1.89 bits per heavy atom. The molecule has 1 amide bonds. The maximum absolute atomic E-state index is 12.8. The summed E-state index contributed by atoms with van der Waals surface area (Å²) in [7, 11) is 0. The highest BCUT2D eigenvalue weighted by Gasteiger charge is 2.29. The summed E-state index contributed by atoms with van der Waals surface area (Å²) in [6, 6.07) is 8.33. The molecule has 1 aliphatic rings. The van der Waals surface area contributed by atoms with Gasteiger partial charge in [0.2, 0.25) is 5.91 Å². The van der Waals surface area contributed by atoms with Gasteiger partial charge in [0.05, 0.1) is 5.75 Å². The second-order valence-electron chi connectivity index (χ2n) is 7.10. The van der Waals surface area contributed by atoms with Crippen molar-refractivity contribution in [1.82, 2.24) is 19.7 Å². The molecule has 0 N–H and O–H groups in total. The molecule has 2 atom stereocenters. The van der Waals surface area contributed by atoms with Crippen LogP contribution in [0.3, 0.4) is 0 Å². The van der Waals surface area contributed by atoms with E-state index in [0.29, 0.717) is 24.4 Å². The van der Waals surface area contributed by atoms with Crippen LogP contribution in [0.4, 0.5) is 0 Å². The topological polar surface area (TPSA) is 60.2 Å². The molecule has 6 nitrogen and oxygen atoms in total. The molecule has 2 unspecified atom stereocenters. The summed E-state index contributed by atoms with van der Waals surface area (Å²) in [5.74, 6) is 2.12. The number of amides is 1. The van der Waals surface area contributed by atoms with Crippen LogP contribution in [0.25, 0.3) is 0 Å². The SMILES string of the molecule is CCn1c(COc2ccc(Br)cc2)nnc1SCC(=O)N1C(C)CCCC1C. The lowest BCUT2D eigenvalue weighted by Crippen LogP contribution is -2.48. The zero-order valence-corrected chi connectivity index (χ0v) is 19.0. The van der Waals surface area contributed by atoms with Crippen LogP contribution in [-0.4, -0.2) is 43.4 Å². The number of carbonyl (C=O) groups is 1. The Labute approximate surface area is 179 Å². The van der Waals surface area contributed by atoms with Crippen molar-refractivity contribution in [3.63, 3.8) is 0 Å². The van der Waals surface area contributed by atoms with E-state index in [4.69, 9.17) is 4.74 Å². The van der Waals surface area contributed by atoms with Crippen LogP contribution in [0, 0.1) is 0 Å². The number of hydrogen-bond acceptors (Lipinski definition) is 5. The van der Waals surface area contributed by atoms with Crippen molar-refractivity contribution < 1.29 is 9.53 Å². The van der Waals surface area contributed by atoms with Crippen LogP contribution >= 0.6 is 27.7 Å². The lowest BCUT2D eigenvalue weighted by molar-refractivity contribution is -0.134. The Morgan fingerprint density at radius 1 is 1.21 bits per heavy atom. The molecule has 0 radical (unpaired) electrons. The van der Waals surface area contributed by atoms with Gasteiger partial charge in [-0.1, -0.05) is 27.7 Å². The van der Waals surface area contributed by atoms with Gasteiger partial charge >= 0.3 is 0 Å². The number of piperidine rings is 1. The first-order valence-corrected chi connectivity index (χ1v) is 11.5. The maximum Gasteiger partial charge on any atom is 0.233 e. The highest BCUT2D eigenvalue weighted by Crippen LogP contribution is 2.25. The second-order valence-corrected chi connectivity index (χ2v) is 8.96. The van der Waals surface area contributed by atoms with E-state index in [1.807, 2.05) is 40.7 Å². The largest absolute Gasteiger partial charge is 0.486 e. The van der Waals surface area contributed by atoms with Gasteiger partial charge in [-0.2, -0.15) is 0 Å². The highest BCUT2D eigenvalue weighted by atomic mass is 79.9. The van der Waals surface area contributed by atoms with E-state index in [2.05, 4.69) is 40.0 Å². The molecule has 152 valence electrons. The van der Waals surface area contributed by atoms with E-state index in [9.17, 15) is 4.79 Å². The van der Waals surface area contributed by atoms with E-state index in [-0.39, 0.29) is 5.91 Å². The Balaban J connectivity index is 1.60. The van der Waals surface area contributed by atoms with Gasteiger partial charge in [0, 0.05) is 23.1 Å². The Kier molecular flexibility index (Phi) is 7.40. The normalized spacial score (nSPS) is 19.6. The third-order valence-corrected chi connectivity index (χ3v) is 6.58. The molecular formula is C20H27BrN4O2S. The van der Waals surface area contributed by atoms with Gasteiger partial charge in [0.1, 0.15) is 12.4 Å². The average molecular weight is 467 g/mol. The predicted octanol–water partition coefficient (Wildman–Crippen LogP) is 4.52. The average Bonchev–Trinajstić information content (AvgIpc) is 3.07. The minimum absolute atomic E-state index is 0.183. The zero-order valence-electron chi connectivity index (χ0n) is 16.6. The molecule has 3 rings (SSSR count). The lowest BCUT2D eigenvalue weighted by Gasteiger charge is -2.39. The first-order chi connectivity index (χ1) is 13.5. The van der Waals surface area contributed by atoms with Gasteiger partial charge in [-0.3, -0.25) is 4.79 Å². The number of benzene rings is 1. The minimum atomic E-state index is 0.183. The van der Waals surface area contributed by atoms with Crippen LogP contribution in [0.1, 0.15) is 45.9 Å². The van der Waals surface area contributed by atoms with Crippen molar-refractivity contribution in [2.75, 3.05) is 5.75 Å². The number of hydrogen-bond donors (Lipinski definition) is 0. The first kappa shape index (κ1) is 21.2. The molecule has 0 spiro atoms. The smallest absolute Gasteiger partial charge is 0.233 e. The molecule has 2 aromatic rings. The molecular weight excluding hydrogens is 440 g/mol. The standard InChI is InChI=1S/C20H27BrN4O2S/c1-4-24-18(12-27-17-10-8-16(21)9-11-17)22-23-20(24)28-13-19(26)25-14(2)6-5-7-15(25)3/h8-11,14-15H,4-7,12-13H2,1-3H3. The molecule has 1 fully saturated rings. The van der Waals surface area contributed by atoms with Gasteiger partial charge in [-0.25, -0.2) is 0 Å². The fraction of sp³-hybridized carbons (Fsp3) is 0.550. The highest BCUT2D eigenvalue weighted by molar-refractivity contribution is 9.10. The summed E-state index contributed by atoms with van der Waals surface area (Å²) >= 11 is 4.88. The fourth-order valence-corrected chi connectivity index (χ4v) is 4.80. The Hall–Kier alpha value is -1.54. The molecule has 1 aromatic heterocycles. The number of aromatic nitrogens is 3. The van der Waals surface area contributed by atoms with Crippen LogP contribution < -0.4 is 4.74 Å². The Morgan fingerprint density at radius 3 is 2.54 bits per heavy atom. The van der Waals surface area contributed by atoms with Crippen molar-refractivity contribution in [1.29, 1.82) is 0 Å². The van der Waals surface area contributed by atoms with Crippen molar-refractivity contribution in [3.05, 3.63) is 34.6 Å². The van der Waals surface area contributed by atoms with Gasteiger partial charge in [-0.15, -0.1) is 10.2 Å². The van der Waals surface area contributed by atoms with Crippen LogP contribution in [0.5, 0.6) is 5.75 Å². The van der Waals surface area contributed by atoms with E-state index in [0.717, 1.165) is 40.6 Å². The minimum Gasteiger partial charge on any atom is -0.486 e. The number of halogens is 1. The maximum atomic E-state index is 12.8. The third kappa shape index (κ3) is 5.08. The molecule has 8 heteroatoms. The van der Waals surface area contributed by atoms with Gasteiger partial charge in [0.25, 0.3) is 0 Å². The first-order valence-electron chi connectivity index (χ1n) is 9.74. The monoisotopic (exact) mass is 466 g/mol. The van der Waals surface area contributed by atoms with Crippen molar-refractivity contribution in [2.24, 2.45) is 0 Å². The van der Waals surface area contributed by atoms with Crippen molar-refractivity contribution in [2.45, 2.75) is 70.4 Å². The summed E-state index contributed by atoms with van der Waals surface area (Å²) in [5, 5.41) is 9.33. The molecule has 0 bridgehead atoms. The van der Waals surface area contributed by atoms with Gasteiger partial charge in [0.15, 0.2) is 11.0 Å². The van der Waals surface area contributed by atoms with Gasteiger partial charge < -0.3 is 14.2 Å². The van der Waals surface area contributed by atoms with Crippen molar-refractivity contribution in [3.8, 4) is 5.75 Å². The predicted molar refractivity (Wildman–Crippen MR) is 115 cm³/mol. The summed E-state index contributed by atoms with van der Waals surface area (Å²) in [6.45, 7) is 7.41. The Bertz CT molecular complexity index is 786. The molecule has 0 aliphatic carbocycles. The number of thioether (sulfide) groups is 1. The number of likely N-dealkylation sites (tertiary alicyclic amines) is 1. The van der Waals surface area contributed by atoms with E-state index >= 15 is 0 Å². The molecule has 1 aromatic carbocycles. The van der Waals surface area contributed by atoms with E-state index in [1.54, 1.807) is 0 Å². The summed E-state index contributed by atoms with van der Waals surface area (Å²) in [4.78, 5) is 14.8. The summed E-state index contributed by atoms with van der Waals surface area (Å²) in [5.41, 5.74) is 0. The van der Waals surface area contributed by atoms with E-state index in [1.165, 1.54) is 18.2 Å². The molecule has 28 heavy (non-hydrogen) atoms. The number of rotatable bonds is 7. The quantitative estimate of drug-likeness (QED) is 0.561. The molecule has 2 heterocycles. The molecule has 0 saturated carbocycles. The number of ether oxygens (including phenoxy) is 1. The third-order valence-electron chi connectivity index (χ3n) is 5.10. The van der Waals surface area contributed by atoms with E-state index < -0.39 is 0 Å².